The summed E-state index contributed by atoms with van der Waals surface area (Å²) in [6.45, 7) is 1.14. The second kappa shape index (κ2) is 2.37. The normalized spacial score (nSPS) is 11.3. The highest BCUT2D eigenvalue weighted by molar-refractivity contribution is 5.07. The number of hydrogen-bond acceptors (Lipinski definition) is 0. The van der Waals surface area contributed by atoms with Gasteiger partial charge in [-0.25, -0.2) is 8.78 Å². The molecule has 0 bridgehead atoms. The van der Waals surface area contributed by atoms with Gasteiger partial charge in [0.15, 0.2) is 0 Å². The first-order valence-electron chi connectivity index (χ1n) is 2.26. The molecule has 0 unspecified atom stereocenters. The molecule has 0 aliphatic heterocycles. The maximum atomic E-state index is 11.8. The van der Waals surface area contributed by atoms with E-state index in [0.29, 0.717) is 13.8 Å². The Morgan fingerprint density at radius 2 is 1.56 bits per heavy atom. The Bertz CT molecular complexity index is 126. The summed E-state index contributed by atoms with van der Waals surface area (Å²) in [4.78, 5) is 0. The number of hydrogen-bond donors (Lipinski definition) is 0. The molecule has 0 amide bonds. The minimum Gasteiger partial charge on any atom is -0.202 e. The van der Waals surface area contributed by atoms with Crippen molar-refractivity contribution in [2.75, 3.05) is 0 Å². The molecule has 0 aliphatic rings. The summed E-state index contributed by atoms with van der Waals surface area (Å²) in [5, 5.41) is 0. The molecule has 9 heavy (non-hydrogen) atoms. The first-order chi connectivity index (χ1) is 3.85. The molecule has 0 fully saturated rings. The molecule has 0 aromatic carbocycles. The fraction of sp³-hybridized carbons (Fsp3) is 0.600. The zero-order chi connectivity index (χ0) is 7.65. The van der Waals surface area contributed by atoms with Gasteiger partial charge in [0.25, 0.3) is 12.0 Å². The van der Waals surface area contributed by atoms with Crippen molar-refractivity contribution < 1.29 is 17.6 Å². The van der Waals surface area contributed by atoms with E-state index in [9.17, 15) is 17.6 Å². The van der Waals surface area contributed by atoms with E-state index in [1.54, 1.807) is 0 Å². The molecule has 0 aliphatic carbocycles. The lowest BCUT2D eigenvalue weighted by Gasteiger charge is -2.07. The maximum absolute atomic E-state index is 11.8. The SMILES string of the molecule is CC(=C(F)F)C(C)(F)F. The van der Waals surface area contributed by atoms with Gasteiger partial charge >= 0.3 is 0 Å². The van der Waals surface area contributed by atoms with Crippen molar-refractivity contribution in [3.05, 3.63) is 11.7 Å². The van der Waals surface area contributed by atoms with Crippen LogP contribution in [0.2, 0.25) is 0 Å². The predicted molar refractivity (Wildman–Crippen MR) is 25.5 cm³/mol. The van der Waals surface area contributed by atoms with E-state index in [1.807, 2.05) is 0 Å². The van der Waals surface area contributed by atoms with Crippen molar-refractivity contribution in [1.82, 2.24) is 0 Å². The lowest BCUT2D eigenvalue weighted by molar-refractivity contribution is 0.0572. The van der Waals surface area contributed by atoms with Crippen LogP contribution in [0.25, 0.3) is 0 Å². The number of halogens is 4. The zero-order valence-electron chi connectivity index (χ0n) is 5.01. The van der Waals surface area contributed by atoms with Gasteiger partial charge in [-0.15, -0.1) is 0 Å². The molecular formula is C5H6F4. The Labute approximate surface area is 50.2 Å². The smallest absolute Gasteiger partial charge is 0.202 e. The maximum Gasteiger partial charge on any atom is 0.275 e. The summed E-state index contributed by atoms with van der Waals surface area (Å²) in [5.41, 5.74) is -1.16. The summed E-state index contributed by atoms with van der Waals surface area (Å²) in [7, 11) is 0. The Kier molecular flexibility index (Phi) is 2.23. The fourth-order valence-electron chi connectivity index (χ4n) is 0.166. The molecule has 0 rings (SSSR count). The van der Waals surface area contributed by atoms with Crippen molar-refractivity contribution >= 4 is 0 Å². The van der Waals surface area contributed by atoms with Gasteiger partial charge in [0.2, 0.25) is 0 Å². The number of alkyl halides is 2. The summed E-state index contributed by atoms with van der Waals surface area (Å²) < 4.78 is 46.3. The molecule has 4 heteroatoms. The van der Waals surface area contributed by atoms with Crippen LogP contribution in [-0.2, 0) is 0 Å². The van der Waals surface area contributed by atoms with Gasteiger partial charge < -0.3 is 0 Å². The Morgan fingerprint density at radius 3 is 1.56 bits per heavy atom. The molecule has 0 aromatic rings. The topological polar surface area (TPSA) is 0 Å². The van der Waals surface area contributed by atoms with Crippen molar-refractivity contribution in [2.24, 2.45) is 0 Å². The monoisotopic (exact) mass is 142 g/mol. The Morgan fingerprint density at radius 1 is 1.22 bits per heavy atom. The highest BCUT2D eigenvalue weighted by atomic mass is 19.3. The van der Waals surface area contributed by atoms with E-state index in [4.69, 9.17) is 0 Å². The van der Waals surface area contributed by atoms with Crippen LogP contribution in [-0.4, -0.2) is 5.92 Å². The average molecular weight is 142 g/mol. The van der Waals surface area contributed by atoms with Crippen LogP contribution < -0.4 is 0 Å². The second-order valence-electron chi connectivity index (χ2n) is 1.77. The van der Waals surface area contributed by atoms with Crippen molar-refractivity contribution in [1.29, 1.82) is 0 Å². The molecule has 0 atom stereocenters. The molecule has 54 valence electrons. The van der Waals surface area contributed by atoms with E-state index >= 15 is 0 Å². The largest absolute Gasteiger partial charge is 0.275 e. The van der Waals surface area contributed by atoms with Gasteiger partial charge in [-0.2, -0.15) is 8.78 Å². The predicted octanol–water partition coefficient (Wildman–Crippen LogP) is 2.81. The lowest BCUT2D eigenvalue weighted by Crippen LogP contribution is -2.11. The average Bonchev–Trinajstić information content (AvgIpc) is 1.62. The minimum absolute atomic E-state index is 0.432. The summed E-state index contributed by atoms with van der Waals surface area (Å²) in [6, 6.07) is 0. The Hall–Kier alpha value is -0.540. The van der Waals surface area contributed by atoms with E-state index < -0.39 is 17.6 Å². The van der Waals surface area contributed by atoms with Crippen LogP contribution >= 0.6 is 0 Å². The number of allylic oxidation sites excluding steroid dienone is 1. The minimum atomic E-state index is -3.39. The van der Waals surface area contributed by atoms with Crippen molar-refractivity contribution in [3.8, 4) is 0 Å². The van der Waals surface area contributed by atoms with Crippen LogP contribution in [0.15, 0.2) is 11.7 Å². The third kappa shape index (κ3) is 2.49. The van der Waals surface area contributed by atoms with Crippen LogP contribution in [0.5, 0.6) is 0 Å². The molecule has 0 nitrogen and oxygen atoms in total. The molecule has 0 aromatic heterocycles. The summed E-state index contributed by atoms with van der Waals surface area (Å²) >= 11 is 0. The van der Waals surface area contributed by atoms with Crippen molar-refractivity contribution in [3.63, 3.8) is 0 Å². The quantitative estimate of drug-likeness (QED) is 0.494. The molecule has 0 saturated carbocycles. The van der Waals surface area contributed by atoms with Gasteiger partial charge in [0, 0.05) is 6.92 Å². The molecule has 0 N–H and O–H groups in total. The van der Waals surface area contributed by atoms with Crippen LogP contribution in [0.1, 0.15) is 13.8 Å². The van der Waals surface area contributed by atoms with Crippen LogP contribution in [0, 0.1) is 0 Å². The first kappa shape index (κ1) is 8.46. The first-order valence-corrected chi connectivity index (χ1v) is 2.26. The molecule has 0 saturated heterocycles. The van der Waals surface area contributed by atoms with E-state index in [2.05, 4.69) is 0 Å². The zero-order valence-corrected chi connectivity index (χ0v) is 5.01. The Balaban J connectivity index is 4.40. The standard InChI is InChI=1S/C5H6F4/c1-3(4(6)7)5(2,8)9/h1-2H3. The molecule has 0 heterocycles. The number of rotatable bonds is 1. The summed E-state index contributed by atoms with van der Waals surface area (Å²) in [6.07, 6.45) is -2.30. The van der Waals surface area contributed by atoms with Gasteiger partial charge in [0.1, 0.15) is 0 Å². The van der Waals surface area contributed by atoms with Gasteiger partial charge in [-0.3, -0.25) is 0 Å². The molecule has 0 radical (unpaired) electrons. The highest BCUT2D eigenvalue weighted by Crippen LogP contribution is 2.26. The highest BCUT2D eigenvalue weighted by Gasteiger charge is 2.27. The summed E-state index contributed by atoms with van der Waals surface area (Å²) in [5.74, 6) is -3.39. The van der Waals surface area contributed by atoms with Gasteiger partial charge in [-0.1, -0.05) is 0 Å². The lowest BCUT2D eigenvalue weighted by atomic mass is 10.2. The van der Waals surface area contributed by atoms with Gasteiger partial charge in [-0.05, 0) is 6.92 Å². The third-order valence-corrected chi connectivity index (χ3v) is 0.942. The van der Waals surface area contributed by atoms with Crippen molar-refractivity contribution in [2.45, 2.75) is 19.8 Å². The van der Waals surface area contributed by atoms with Gasteiger partial charge in [0.05, 0.1) is 5.57 Å². The van der Waals surface area contributed by atoms with E-state index in [-0.39, 0.29) is 0 Å². The van der Waals surface area contributed by atoms with E-state index in [0.717, 1.165) is 0 Å². The van der Waals surface area contributed by atoms with E-state index in [1.165, 1.54) is 0 Å². The molecular weight excluding hydrogens is 136 g/mol. The fourth-order valence-corrected chi connectivity index (χ4v) is 0.166. The molecule has 0 spiro atoms. The van der Waals surface area contributed by atoms with Crippen LogP contribution in [0.3, 0.4) is 0 Å². The third-order valence-electron chi connectivity index (χ3n) is 0.942. The van der Waals surface area contributed by atoms with Crippen LogP contribution in [0.4, 0.5) is 17.6 Å². The second-order valence-corrected chi connectivity index (χ2v) is 1.77.